The molecule has 2 aromatic rings. The van der Waals surface area contributed by atoms with Crippen molar-refractivity contribution < 1.29 is 17.9 Å². The summed E-state index contributed by atoms with van der Waals surface area (Å²) in [7, 11) is -2.34. The number of amides is 1. The lowest BCUT2D eigenvalue weighted by Crippen LogP contribution is -2.31. The molecule has 2 rings (SSSR count). The van der Waals surface area contributed by atoms with E-state index in [0.29, 0.717) is 27.3 Å². The van der Waals surface area contributed by atoms with Crippen molar-refractivity contribution >= 4 is 50.9 Å². The number of hydrogen-bond donors (Lipinski definition) is 2. The van der Waals surface area contributed by atoms with Crippen LogP contribution in [0.5, 0.6) is 5.75 Å². The molecule has 0 atom stereocenters. The highest BCUT2D eigenvalue weighted by Gasteiger charge is 2.20. The van der Waals surface area contributed by atoms with Gasteiger partial charge in [-0.2, -0.15) is 11.8 Å². The third kappa shape index (κ3) is 7.06. The Morgan fingerprint density at radius 2 is 1.87 bits per heavy atom. The lowest BCUT2D eigenvalue weighted by molar-refractivity contribution is 0.0940. The van der Waals surface area contributed by atoms with Gasteiger partial charge in [-0.15, -0.1) is 0 Å². The Kier molecular flexibility index (Phi) is 9.31. The maximum Gasteiger partial charge on any atom is 0.255 e. The molecule has 0 fully saturated rings. The highest BCUT2D eigenvalue weighted by molar-refractivity contribution is 7.98. The maximum absolute atomic E-state index is 12.6. The first-order valence-electron chi connectivity index (χ1n) is 9.14. The Labute approximate surface area is 191 Å². The largest absolute Gasteiger partial charge is 0.496 e. The van der Waals surface area contributed by atoms with E-state index in [1.807, 2.05) is 19.9 Å². The Balaban J connectivity index is 1.97. The van der Waals surface area contributed by atoms with Crippen LogP contribution in [0.1, 0.15) is 29.8 Å². The minimum absolute atomic E-state index is 0.00619. The fourth-order valence-electron chi connectivity index (χ4n) is 2.52. The van der Waals surface area contributed by atoms with E-state index in [1.165, 1.54) is 25.3 Å². The van der Waals surface area contributed by atoms with Gasteiger partial charge in [0, 0.05) is 24.1 Å². The molecule has 0 bridgehead atoms. The standard InChI is InChI=1S/C20H24Cl2N2O4S2/c1-13(2)24-20(25)16-11-15(5-7-19(16)28-3)30(26,27)23-8-9-29-12-14-4-6-17(21)18(22)10-14/h4-7,10-11,13,23H,8-9,12H2,1-3H3,(H,24,25). The summed E-state index contributed by atoms with van der Waals surface area (Å²) in [6.45, 7) is 3.89. The molecular weight excluding hydrogens is 467 g/mol. The van der Waals surface area contributed by atoms with Crippen LogP contribution in [0.25, 0.3) is 0 Å². The van der Waals surface area contributed by atoms with Crippen LogP contribution in [0.3, 0.4) is 0 Å². The van der Waals surface area contributed by atoms with Gasteiger partial charge in [0.2, 0.25) is 10.0 Å². The summed E-state index contributed by atoms with van der Waals surface area (Å²) >= 11 is 13.5. The molecule has 30 heavy (non-hydrogen) atoms. The van der Waals surface area contributed by atoms with Crippen LogP contribution in [0.4, 0.5) is 0 Å². The van der Waals surface area contributed by atoms with E-state index in [2.05, 4.69) is 10.0 Å². The predicted octanol–water partition coefficient (Wildman–Crippen LogP) is 4.35. The van der Waals surface area contributed by atoms with E-state index >= 15 is 0 Å². The zero-order chi connectivity index (χ0) is 22.3. The number of carbonyl (C=O) groups excluding carboxylic acids is 1. The number of halogens is 2. The summed E-state index contributed by atoms with van der Waals surface area (Å²) < 4.78 is 33.0. The molecule has 0 aliphatic carbocycles. The molecule has 164 valence electrons. The summed E-state index contributed by atoms with van der Waals surface area (Å²) in [5.74, 6) is 1.16. The van der Waals surface area contributed by atoms with Gasteiger partial charge in [-0.25, -0.2) is 13.1 Å². The van der Waals surface area contributed by atoms with Crippen LogP contribution >= 0.6 is 35.0 Å². The van der Waals surface area contributed by atoms with E-state index in [1.54, 1.807) is 23.9 Å². The first kappa shape index (κ1) is 24.8. The van der Waals surface area contributed by atoms with Crippen LogP contribution in [0, 0.1) is 0 Å². The van der Waals surface area contributed by atoms with E-state index < -0.39 is 15.9 Å². The van der Waals surface area contributed by atoms with Crippen molar-refractivity contribution in [1.29, 1.82) is 0 Å². The van der Waals surface area contributed by atoms with Crippen molar-refractivity contribution in [1.82, 2.24) is 10.0 Å². The molecule has 0 aliphatic rings. The van der Waals surface area contributed by atoms with Crippen LogP contribution in [-0.4, -0.2) is 39.8 Å². The van der Waals surface area contributed by atoms with Crippen LogP contribution in [0.15, 0.2) is 41.3 Å². The lowest BCUT2D eigenvalue weighted by atomic mass is 10.2. The van der Waals surface area contributed by atoms with Gasteiger partial charge in [0.1, 0.15) is 5.75 Å². The molecule has 0 aromatic heterocycles. The highest BCUT2D eigenvalue weighted by Crippen LogP contribution is 2.25. The van der Waals surface area contributed by atoms with E-state index in [-0.39, 0.29) is 23.0 Å². The summed E-state index contributed by atoms with van der Waals surface area (Å²) in [6.07, 6.45) is 0. The SMILES string of the molecule is COc1ccc(S(=O)(=O)NCCSCc2ccc(Cl)c(Cl)c2)cc1C(=O)NC(C)C. The average molecular weight is 491 g/mol. The fourth-order valence-corrected chi connectivity index (χ4v) is 4.84. The molecule has 0 spiro atoms. The normalized spacial score (nSPS) is 11.5. The number of hydrogen-bond acceptors (Lipinski definition) is 5. The molecule has 10 heteroatoms. The first-order chi connectivity index (χ1) is 14.1. The zero-order valence-electron chi connectivity index (χ0n) is 16.9. The summed E-state index contributed by atoms with van der Waals surface area (Å²) in [4.78, 5) is 12.4. The van der Waals surface area contributed by atoms with Gasteiger partial charge < -0.3 is 10.1 Å². The molecular formula is C20H24Cl2N2O4S2. The third-order valence-electron chi connectivity index (χ3n) is 3.94. The Hall–Kier alpha value is -1.45. The molecule has 1 amide bonds. The topological polar surface area (TPSA) is 84.5 Å². The zero-order valence-corrected chi connectivity index (χ0v) is 20.0. The molecule has 6 nitrogen and oxygen atoms in total. The number of carbonyl (C=O) groups is 1. The Bertz CT molecular complexity index is 998. The monoisotopic (exact) mass is 490 g/mol. The van der Waals surface area contributed by atoms with E-state index in [4.69, 9.17) is 27.9 Å². The van der Waals surface area contributed by atoms with Crippen molar-refractivity contribution in [3.05, 3.63) is 57.6 Å². The molecule has 2 aromatic carbocycles. The quantitative estimate of drug-likeness (QED) is 0.483. The molecule has 0 radical (unpaired) electrons. The number of rotatable bonds is 10. The van der Waals surface area contributed by atoms with Gasteiger partial charge in [-0.05, 0) is 49.7 Å². The number of benzene rings is 2. The van der Waals surface area contributed by atoms with Crippen molar-refractivity contribution in [2.75, 3.05) is 19.4 Å². The van der Waals surface area contributed by atoms with E-state index in [0.717, 1.165) is 5.56 Å². The number of sulfonamides is 1. The summed E-state index contributed by atoms with van der Waals surface area (Å²) in [5, 5.41) is 3.73. The van der Waals surface area contributed by atoms with Gasteiger partial charge in [0.15, 0.2) is 0 Å². The van der Waals surface area contributed by atoms with Gasteiger partial charge in [0.05, 0.1) is 27.6 Å². The second-order valence-electron chi connectivity index (χ2n) is 6.69. The van der Waals surface area contributed by atoms with Crippen LogP contribution in [-0.2, 0) is 15.8 Å². The summed E-state index contributed by atoms with van der Waals surface area (Å²) in [6, 6.07) is 9.53. The Morgan fingerprint density at radius 3 is 2.50 bits per heavy atom. The fraction of sp³-hybridized carbons (Fsp3) is 0.350. The molecule has 0 aliphatic heterocycles. The second kappa shape index (κ2) is 11.2. The minimum Gasteiger partial charge on any atom is -0.496 e. The average Bonchev–Trinajstić information content (AvgIpc) is 2.69. The Morgan fingerprint density at radius 1 is 1.13 bits per heavy atom. The number of thioether (sulfide) groups is 1. The van der Waals surface area contributed by atoms with Gasteiger partial charge in [-0.1, -0.05) is 29.3 Å². The third-order valence-corrected chi connectivity index (χ3v) is 7.16. The summed E-state index contributed by atoms with van der Waals surface area (Å²) in [5.41, 5.74) is 1.18. The van der Waals surface area contributed by atoms with Crippen molar-refractivity contribution in [2.45, 2.75) is 30.5 Å². The number of ether oxygens (including phenoxy) is 1. The van der Waals surface area contributed by atoms with Crippen LogP contribution in [0.2, 0.25) is 10.0 Å². The second-order valence-corrected chi connectivity index (χ2v) is 10.4. The highest BCUT2D eigenvalue weighted by atomic mass is 35.5. The molecule has 0 unspecified atom stereocenters. The molecule has 2 N–H and O–H groups in total. The first-order valence-corrected chi connectivity index (χ1v) is 12.5. The maximum atomic E-state index is 12.6. The minimum atomic E-state index is -3.76. The van der Waals surface area contributed by atoms with Crippen LogP contribution < -0.4 is 14.8 Å². The van der Waals surface area contributed by atoms with Crippen molar-refractivity contribution in [2.24, 2.45) is 0 Å². The molecule has 0 saturated heterocycles. The predicted molar refractivity (Wildman–Crippen MR) is 123 cm³/mol. The number of methoxy groups -OCH3 is 1. The van der Waals surface area contributed by atoms with E-state index in [9.17, 15) is 13.2 Å². The van der Waals surface area contributed by atoms with Crippen molar-refractivity contribution in [3.63, 3.8) is 0 Å². The van der Waals surface area contributed by atoms with Gasteiger partial charge >= 0.3 is 0 Å². The lowest BCUT2D eigenvalue weighted by Gasteiger charge is -2.13. The molecule has 0 saturated carbocycles. The molecule has 0 heterocycles. The number of nitrogens with one attached hydrogen (secondary N) is 2. The van der Waals surface area contributed by atoms with Crippen molar-refractivity contribution in [3.8, 4) is 5.75 Å². The van der Waals surface area contributed by atoms with Gasteiger partial charge in [-0.3, -0.25) is 4.79 Å². The smallest absolute Gasteiger partial charge is 0.255 e. The van der Waals surface area contributed by atoms with Gasteiger partial charge in [0.25, 0.3) is 5.91 Å².